The Hall–Kier alpha value is -1.59. The first kappa shape index (κ1) is 21.7. The van der Waals surface area contributed by atoms with E-state index in [9.17, 15) is 21.6 Å². The van der Waals surface area contributed by atoms with Crippen LogP contribution in [0.4, 0.5) is 13.2 Å². The Morgan fingerprint density at radius 2 is 1.89 bits per heavy atom. The van der Waals surface area contributed by atoms with Crippen LogP contribution in [-0.4, -0.2) is 66.3 Å². The predicted molar refractivity (Wildman–Crippen MR) is 90.4 cm³/mol. The average molecular weight is 412 g/mol. The van der Waals surface area contributed by atoms with Crippen LogP contribution in [0, 0.1) is 0 Å². The molecule has 27 heavy (non-hydrogen) atoms. The summed E-state index contributed by atoms with van der Waals surface area (Å²) in [4.78, 5) is 11.3. The lowest BCUT2D eigenvalue weighted by atomic mass is 9.87. The van der Waals surface area contributed by atoms with Gasteiger partial charge in [0.1, 0.15) is 0 Å². The van der Waals surface area contributed by atoms with Gasteiger partial charge in [-0.2, -0.15) is 17.5 Å². The third-order valence-corrected chi connectivity index (χ3v) is 6.17. The summed E-state index contributed by atoms with van der Waals surface area (Å²) in [5.74, 6) is -2.76. The second kappa shape index (κ2) is 8.19. The summed E-state index contributed by atoms with van der Waals surface area (Å²) in [7, 11) is -3.11. The van der Waals surface area contributed by atoms with Gasteiger partial charge in [-0.1, -0.05) is 0 Å². The van der Waals surface area contributed by atoms with E-state index in [1.807, 2.05) is 6.07 Å². The number of carboxylic acids is 1. The van der Waals surface area contributed by atoms with E-state index < -0.39 is 22.2 Å². The number of carboxylic acid groups (broad SMARTS) is 1. The van der Waals surface area contributed by atoms with E-state index in [0.29, 0.717) is 6.54 Å². The quantitative estimate of drug-likeness (QED) is 0.819. The van der Waals surface area contributed by atoms with Crippen molar-refractivity contribution >= 4 is 16.0 Å². The van der Waals surface area contributed by atoms with Gasteiger partial charge >= 0.3 is 12.1 Å². The summed E-state index contributed by atoms with van der Waals surface area (Å²) in [5.41, 5.74) is 0.987. The first-order valence-electron chi connectivity index (χ1n) is 8.45. The van der Waals surface area contributed by atoms with Crippen LogP contribution in [0.25, 0.3) is 0 Å². The number of alkyl halides is 3. The van der Waals surface area contributed by atoms with Crippen molar-refractivity contribution in [1.82, 2.24) is 9.21 Å². The maximum Gasteiger partial charge on any atom is 0.490 e. The fraction of sp³-hybridized carbons (Fsp3) is 0.688. The number of halogens is 3. The van der Waals surface area contributed by atoms with Gasteiger partial charge in [-0.3, -0.25) is 4.90 Å². The van der Waals surface area contributed by atoms with Crippen molar-refractivity contribution in [2.45, 2.75) is 43.9 Å². The Balaban J connectivity index is 0.000000321. The Kier molecular flexibility index (Phi) is 6.59. The molecule has 2 aliphatic rings. The largest absolute Gasteiger partial charge is 0.490 e. The highest BCUT2D eigenvalue weighted by molar-refractivity contribution is 7.88. The Morgan fingerprint density at radius 3 is 2.37 bits per heavy atom. The average Bonchev–Trinajstić information content (AvgIpc) is 3.17. The molecule has 3 rings (SSSR count). The summed E-state index contributed by atoms with van der Waals surface area (Å²) < 4.78 is 62.6. The minimum atomic E-state index is -5.08. The van der Waals surface area contributed by atoms with E-state index in [-0.39, 0.29) is 5.54 Å². The van der Waals surface area contributed by atoms with Crippen molar-refractivity contribution in [3.8, 4) is 0 Å². The molecule has 1 aromatic heterocycles. The summed E-state index contributed by atoms with van der Waals surface area (Å²) in [6.07, 6.45) is 3.73. The summed E-state index contributed by atoms with van der Waals surface area (Å²) in [5, 5.41) is 7.12. The summed E-state index contributed by atoms with van der Waals surface area (Å²) >= 11 is 0. The molecule has 2 aliphatic heterocycles. The second-order valence-electron chi connectivity index (χ2n) is 6.91. The molecule has 3 heterocycles. The first-order valence-corrected chi connectivity index (χ1v) is 10.3. The van der Waals surface area contributed by atoms with Gasteiger partial charge in [-0.05, 0) is 38.3 Å². The van der Waals surface area contributed by atoms with Crippen LogP contribution in [0.15, 0.2) is 23.0 Å². The number of nitrogens with zero attached hydrogens (tertiary/aromatic N) is 2. The molecular formula is C16H23F3N2O5S. The fourth-order valence-electron chi connectivity index (χ4n) is 3.82. The van der Waals surface area contributed by atoms with Gasteiger partial charge in [0.05, 0.1) is 18.8 Å². The van der Waals surface area contributed by atoms with Gasteiger partial charge in [-0.15, -0.1) is 0 Å². The van der Waals surface area contributed by atoms with E-state index in [1.54, 1.807) is 16.8 Å². The smallest absolute Gasteiger partial charge is 0.475 e. The van der Waals surface area contributed by atoms with Crippen molar-refractivity contribution in [3.63, 3.8) is 0 Å². The predicted octanol–water partition coefficient (Wildman–Crippen LogP) is 2.30. The molecule has 154 valence electrons. The number of likely N-dealkylation sites (tertiary alicyclic amines) is 1. The molecule has 1 unspecified atom stereocenters. The van der Waals surface area contributed by atoms with Crippen LogP contribution in [-0.2, 0) is 21.4 Å². The molecule has 2 saturated heterocycles. The van der Waals surface area contributed by atoms with Gasteiger partial charge in [-0.25, -0.2) is 13.2 Å². The number of hydrogen-bond donors (Lipinski definition) is 1. The van der Waals surface area contributed by atoms with Gasteiger partial charge in [0.2, 0.25) is 10.0 Å². The Morgan fingerprint density at radius 1 is 1.30 bits per heavy atom. The SMILES string of the molecule is CS(=O)(=O)N1CCCC12CCCN(Cc1ccoc1)C2.O=C(O)C(F)(F)F. The van der Waals surface area contributed by atoms with Crippen LogP contribution in [0.3, 0.4) is 0 Å². The van der Waals surface area contributed by atoms with Crippen LogP contribution < -0.4 is 0 Å². The first-order chi connectivity index (χ1) is 12.4. The van der Waals surface area contributed by atoms with Crippen molar-refractivity contribution in [2.24, 2.45) is 0 Å². The zero-order valence-corrected chi connectivity index (χ0v) is 15.7. The number of rotatable bonds is 3. The van der Waals surface area contributed by atoms with Crippen molar-refractivity contribution in [1.29, 1.82) is 0 Å². The number of carbonyl (C=O) groups is 1. The molecule has 1 aromatic rings. The van der Waals surface area contributed by atoms with Gasteiger partial charge in [0, 0.05) is 30.7 Å². The maximum absolute atomic E-state index is 12.0. The highest BCUT2D eigenvalue weighted by atomic mass is 32.2. The minimum absolute atomic E-state index is 0.171. The number of sulfonamides is 1. The minimum Gasteiger partial charge on any atom is -0.475 e. The lowest BCUT2D eigenvalue weighted by Crippen LogP contribution is -2.56. The molecule has 0 aliphatic carbocycles. The molecule has 1 spiro atoms. The van der Waals surface area contributed by atoms with Crippen LogP contribution in [0.1, 0.15) is 31.2 Å². The lowest BCUT2D eigenvalue weighted by Gasteiger charge is -2.44. The molecule has 1 atom stereocenters. The van der Waals surface area contributed by atoms with Crippen molar-refractivity contribution in [2.75, 3.05) is 25.9 Å². The highest BCUT2D eigenvalue weighted by Gasteiger charge is 2.47. The number of piperidine rings is 1. The van der Waals surface area contributed by atoms with Crippen LogP contribution >= 0.6 is 0 Å². The van der Waals surface area contributed by atoms with Crippen molar-refractivity contribution < 1.29 is 35.9 Å². The molecule has 0 amide bonds. The van der Waals surface area contributed by atoms with Gasteiger partial charge < -0.3 is 9.52 Å². The van der Waals surface area contributed by atoms with Gasteiger partial charge in [0.25, 0.3) is 0 Å². The molecule has 0 radical (unpaired) electrons. The topological polar surface area (TPSA) is 91.1 Å². The Bertz CT molecular complexity index is 736. The molecule has 0 bridgehead atoms. The van der Waals surface area contributed by atoms with Crippen LogP contribution in [0.2, 0.25) is 0 Å². The highest BCUT2D eigenvalue weighted by Crippen LogP contribution is 2.39. The second-order valence-corrected chi connectivity index (χ2v) is 8.82. The monoisotopic (exact) mass is 412 g/mol. The third-order valence-electron chi connectivity index (χ3n) is 4.80. The fourth-order valence-corrected chi connectivity index (χ4v) is 5.23. The third kappa shape index (κ3) is 5.69. The zero-order valence-electron chi connectivity index (χ0n) is 14.9. The zero-order chi connectivity index (χ0) is 20.3. The summed E-state index contributed by atoms with van der Waals surface area (Å²) in [6.45, 7) is 3.39. The molecule has 0 aromatic carbocycles. The van der Waals surface area contributed by atoms with E-state index in [0.717, 1.165) is 50.9 Å². The van der Waals surface area contributed by atoms with E-state index in [1.165, 1.54) is 6.26 Å². The van der Waals surface area contributed by atoms with E-state index >= 15 is 0 Å². The standard InChI is InChI=1S/C14H22N2O3S.C2HF3O2/c1-20(17,18)16-8-3-6-14(16)5-2-7-15(12-14)10-13-4-9-19-11-13;3-2(4,5)1(6)7/h4,9,11H,2-3,5-8,10,12H2,1H3;(H,6,7). The number of furan rings is 1. The number of hydrogen-bond acceptors (Lipinski definition) is 5. The maximum atomic E-state index is 12.0. The lowest BCUT2D eigenvalue weighted by molar-refractivity contribution is -0.192. The molecule has 1 N–H and O–H groups in total. The normalized spacial score (nSPS) is 24.6. The molecule has 11 heteroatoms. The van der Waals surface area contributed by atoms with E-state index in [2.05, 4.69) is 4.90 Å². The van der Waals surface area contributed by atoms with Crippen molar-refractivity contribution in [3.05, 3.63) is 24.2 Å². The Labute approximate surface area is 155 Å². The van der Waals surface area contributed by atoms with Crippen LogP contribution in [0.5, 0.6) is 0 Å². The van der Waals surface area contributed by atoms with E-state index in [4.69, 9.17) is 14.3 Å². The molecular weight excluding hydrogens is 389 g/mol. The van der Waals surface area contributed by atoms with Gasteiger partial charge in [0.15, 0.2) is 0 Å². The summed E-state index contributed by atoms with van der Waals surface area (Å²) in [6, 6.07) is 1.98. The number of aliphatic carboxylic acids is 1. The molecule has 0 saturated carbocycles. The molecule has 2 fully saturated rings. The molecule has 7 nitrogen and oxygen atoms in total.